The van der Waals surface area contributed by atoms with Gasteiger partial charge in [0.05, 0.1) is 6.54 Å². The Kier molecular flexibility index (Phi) is 7.52. The molecule has 4 heteroatoms. The van der Waals surface area contributed by atoms with Gasteiger partial charge in [-0.1, -0.05) is 26.7 Å². The molecule has 1 aliphatic carbocycles. The van der Waals surface area contributed by atoms with Crippen molar-refractivity contribution in [3.8, 4) is 0 Å². The summed E-state index contributed by atoms with van der Waals surface area (Å²) in [5.74, 6) is 1.48. The summed E-state index contributed by atoms with van der Waals surface area (Å²) in [5.41, 5.74) is 5.96. The van der Waals surface area contributed by atoms with Crippen LogP contribution >= 0.6 is 0 Å². The molecular weight excluding hydrogens is 250 g/mol. The van der Waals surface area contributed by atoms with Crippen molar-refractivity contribution in [2.75, 3.05) is 19.6 Å². The van der Waals surface area contributed by atoms with E-state index in [1.165, 1.54) is 25.7 Å². The number of hydrogen-bond acceptors (Lipinski definition) is 3. The van der Waals surface area contributed by atoms with E-state index in [0.29, 0.717) is 18.5 Å². The van der Waals surface area contributed by atoms with Crippen LogP contribution in [0.4, 0.5) is 0 Å². The average Bonchev–Trinajstić information content (AvgIpc) is 2.43. The summed E-state index contributed by atoms with van der Waals surface area (Å²) in [6.07, 6.45) is 4.94. The Balaban J connectivity index is 2.66. The van der Waals surface area contributed by atoms with Gasteiger partial charge in [0.15, 0.2) is 0 Å². The molecule has 4 nitrogen and oxygen atoms in total. The molecule has 0 radical (unpaired) electrons. The number of nitrogens with zero attached hydrogens (tertiary/aromatic N) is 1. The van der Waals surface area contributed by atoms with Crippen LogP contribution in [0.1, 0.15) is 53.4 Å². The number of amides is 1. The van der Waals surface area contributed by atoms with E-state index in [2.05, 4.69) is 24.1 Å². The molecule has 0 bridgehead atoms. The van der Waals surface area contributed by atoms with Gasteiger partial charge in [-0.05, 0) is 51.6 Å². The first-order valence-corrected chi connectivity index (χ1v) is 8.25. The summed E-state index contributed by atoms with van der Waals surface area (Å²) >= 11 is 0. The van der Waals surface area contributed by atoms with Crippen LogP contribution in [0.15, 0.2) is 0 Å². The molecule has 1 amide bonds. The molecule has 3 atom stereocenters. The quantitative estimate of drug-likeness (QED) is 0.751. The number of carbonyl (C=O) groups excluding carboxylic acids is 1. The van der Waals surface area contributed by atoms with Crippen molar-refractivity contribution in [1.29, 1.82) is 0 Å². The fraction of sp³-hybridized carbons (Fsp3) is 0.938. The van der Waals surface area contributed by atoms with Gasteiger partial charge in [-0.2, -0.15) is 0 Å². The second-order valence-corrected chi connectivity index (χ2v) is 6.44. The van der Waals surface area contributed by atoms with Gasteiger partial charge in [0.1, 0.15) is 0 Å². The monoisotopic (exact) mass is 283 g/mol. The van der Waals surface area contributed by atoms with E-state index in [9.17, 15) is 4.79 Å². The van der Waals surface area contributed by atoms with Crippen molar-refractivity contribution in [3.05, 3.63) is 0 Å². The van der Waals surface area contributed by atoms with Crippen molar-refractivity contribution in [1.82, 2.24) is 10.2 Å². The van der Waals surface area contributed by atoms with E-state index in [1.54, 1.807) is 0 Å². The smallest absolute Gasteiger partial charge is 0.234 e. The van der Waals surface area contributed by atoms with E-state index in [0.717, 1.165) is 19.0 Å². The van der Waals surface area contributed by atoms with E-state index >= 15 is 0 Å². The van der Waals surface area contributed by atoms with E-state index in [-0.39, 0.29) is 11.9 Å². The highest BCUT2D eigenvalue weighted by Crippen LogP contribution is 2.33. The van der Waals surface area contributed by atoms with Crippen molar-refractivity contribution in [2.45, 2.75) is 65.5 Å². The first-order chi connectivity index (χ1) is 9.51. The molecule has 0 aliphatic heterocycles. The van der Waals surface area contributed by atoms with Crippen LogP contribution in [0.2, 0.25) is 0 Å². The Labute approximate surface area is 124 Å². The van der Waals surface area contributed by atoms with Crippen molar-refractivity contribution >= 4 is 5.91 Å². The van der Waals surface area contributed by atoms with Crippen molar-refractivity contribution in [2.24, 2.45) is 17.6 Å². The highest BCUT2D eigenvalue weighted by Gasteiger charge is 2.33. The minimum Gasteiger partial charge on any atom is -0.353 e. The van der Waals surface area contributed by atoms with Crippen LogP contribution in [0.5, 0.6) is 0 Å². The van der Waals surface area contributed by atoms with Gasteiger partial charge in [0.2, 0.25) is 5.91 Å². The van der Waals surface area contributed by atoms with Gasteiger partial charge in [-0.15, -0.1) is 0 Å². The summed E-state index contributed by atoms with van der Waals surface area (Å²) < 4.78 is 0. The summed E-state index contributed by atoms with van der Waals surface area (Å²) in [5, 5.41) is 2.99. The van der Waals surface area contributed by atoms with Crippen molar-refractivity contribution < 1.29 is 4.79 Å². The molecule has 3 unspecified atom stereocenters. The molecule has 1 fully saturated rings. The average molecular weight is 283 g/mol. The third-order valence-electron chi connectivity index (χ3n) is 4.62. The fourth-order valence-corrected chi connectivity index (χ4v) is 3.40. The predicted octanol–water partition coefficient (Wildman–Crippen LogP) is 1.99. The second kappa shape index (κ2) is 8.63. The number of rotatable bonds is 7. The molecule has 20 heavy (non-hydrogen) atoms. The molecule has 118 valence electrons. The van der Waals surface area contributed by atoms with E-state index in [4.69, 9.17) is 5.73 Å². The largest absolute Gasteiger partial charge is 0.353 e. The van der Waals surface area contributed by atoms with Gasteiger partial charge in [-0.3, -0.25) is 9.69 Å². The summed E-state index contributed by atoms with van der Waals surface area (Å²) in [6, 6.07) is 0.683. The number of nitrogens with two attached hydrogens (primary N) is 1. The van der Waals surface area contributed by atoms with Crippen LogP contribution in [0.25, 0.3) is 0 Å². The van der Waals surface area contributed by atoms with Crippen LogP contribution < -0.4 is 11.1 Å². The van der Waals surface area contributed by atoms with Crippen LogP contribution in [-0.2, 0) is 4.79 Å². The molecule has 0 saturated heterocycles. The topological polar surface area (TPSA) is 58.4 Å². The molecule has 1 saturated carbocycles. The molecule has 0 aromatic heterocycles. The van der Waals surface area contributed by atoms with Crippen LogP contribution in [0.3, 0.4) is 0 Å². The van der Waals surface area contributed by atoms with Gasteiger partial charge < -0.3 is 11.1 Å². The van der Waals surface area contributed by atoms with Gasteiger partial charge >= 0.3 is 0 Å². The Hall–Kier alpha value is -0.610. The summed E-state index contributed by atoms with van der Waals surface area (Å²) in [4.78, 5) is 14.4. The van der Waals surface area contributed by atoms with E-state index < -0.39 is 0 Å². The SMILES string of the molecule is CCC1CCC(CN)C(N(CC)CC(=O)NC(C)C)C1. The first kappa shape index (κ1) is 17.4. The number of nitrogens with one attached hydrogen (secondary N) is 1. The molecule has 0 spiro atoms. The first-order valence-electron chi connectivity index (χ1n) is 8.25. The number of likely N-dealkylation sites (N-methyl/N-ethyl adjacent to an activating group) is 1. The third kappa shape index (κ3) is 5.06. The predicted molar refractivity (Wildman–Crippen MR) is 84.5 cm³/mol. The maximum absolute atomic E-state index is 12.0. The molecule has 1 rings (SSSR count). The zero-order valence-electron chi connectivity index (χ0n) is 13.7. The van der Waals surface area contributed by atoms with Gasteiger partial charge in [-0.25, -0.2) is 0 Å². The number of carbonyl (C=O) groups is 1. The molecule has 0 aromatic carbocycles. The lowest BCUT2D eigenvalue weighted by Crippen LogP contribution is -2.50. The maximum Gasteiger partial charge on any atom is 0.234 e. The van der Waals surface area contributed by atoms with Gasteiger partial charge in [0.25, 0.3) is 0 Å². The lowest BCUT2D eigenvalue weighted by atomic mass is 9.76. The lowest BCUT2D eigenvalue weighted by Gasteiger charge is -2.42. The van der Waals surface area contributed by atoms with Crippen LogP contribution in [0, 0.1) is 11.8 Å². The fourth-order valence-electron chi connectivity index (χ4n) is 3.40. The molecular formula is C16H33N3O. The normalized spacial score (nSPS) is 27.1. The maximum atomic E-state index is 12.0. The highest BCUT2D eigenvalue weighted by atomic mass is 16.2. The molecule has 0 aromatic rings. The molecule has 0 heterocycles. The van der Waals surface area contributed by atoms with Gasteiger partial charge in [0, 0.05) is 12.1 Å². The Morgan fingerprint density at radius 3 is 2.55 bits per heavy atom. The third-order valence-corrected chi connectivity index (χ3v) is 4.62. The molecule has 1 aliphatic rings. The number of hydrogen-bond donors (Lipinski definition) is 2. The Morgan fingerprint density at radius 1 is 1.35 bits per heavy atom. The zero-order valence-corrected chi connectivity index (χ0v) is 13.7. The van der Waals surface area contributed by atoms with Crippen LogP contribution in [-0.4, -0.2) is 42.5 Å². The minimum atomic E-state index is 0.135. The molecule has 3 N–H and O–H groups in total. The summed E-state index contributed by atoms with van der Waals surface area (Å²) in [7, 11) is 0. The zero-order chi connectivity index (χ0) is 15.1. The Morgan fingerprint density at radius 2 is 2.05 bits per heavy atom. The van der Waals surface area contributed by atoms with E-state index in [1.807, 2.05) is 13.8 Å². The standard InChI is InChI=1S/C16H33N3O/c1-5-13-7-8-14(10-17)15(9-13)19(6-2)11-16(20)18-12(3)4/h12-15H,5-11,17H2,1-4H3,(H,18,20). The minimum absolute atomic E-state index is 0.135. The summed E-state index contributed by atoms with van der Waals surface area (Å²) in [6.45, 7) is 10.6. The Bertz CT molecular complexity index is 293. The highest BCUT2D eigenvalue weighted by molar-refractivity contribution is 5.78. The lowest BCUT2D eigenvalue weighted by molar-refractivity contribution is -0.123. The second-order valence-electron chi connectivity index (χ2n) is 6.44. The van der Waals surface area contributed by atoms with Crippen molar-refractivity contribution in [3.63, 3.8) is 0 Å².